The molecule has 1 atom stereocenters. The molecule has 190 valence electrons. The second-order valence-electron chi connectivity index (χ2n) is 9.29. The van der Waals surface area contributed by atoms with Crippen LogP contribution in [-0.4, -0.2) is 46.6 Å². The van der Waals surface area contributed by atoms with E-state index in [9.17, 15) is 14.4 Å². The van der Waals surface area contributed by atoms with Gasteiger partial charge in [0.15, 0.2) is 0 Å². The molecule has 2 heterocycles. The lowest BCUT2D eigenvalue weighted by Crippen LogP contribution is -2.47. The molecule has 7 nitrogen and oxygen atoms in total. The van der Waals surface area contributed by atoms with E-state index >= 15 is 0 Å². The van der Waals surface area contributed by atoms with Crippen molar-refractivity contribution in [3.8, 4) is 0 Å². The number of benzene rings is 2. The number of likely N-dealkylation sites (tertiary alicyclic amines) is 1. The lowest BCUT2D eigenvalue weighted by Gasteiger charge is -2.26. The number of hydrogen-bond donors (Lipinski definition) is 2. The molecule has 3 N–H and O–H groups in total. The maximum absolute atomic E-state index is 13.1. The van der Waals surface area contributed by atoms with Gasteiger partial charge < -0.3 is 11.1 Å². The van der Waals surface area contributed by atoms with Gasteiger partial charge in [0, 0.05) is 19.2 Å². The summed E-state index contributed by atoms with van der Waals surface area (Å²) in [4.78, 5) is 44.0. The van der Waals surface area contributed by atoms with Gasteiger partial charge in [-0.3, -0.25) is 24.3 Å². The Kier molecular flexibility index (Phi) is 8.94. The highest BCUT2D eigenvalue weighted by Crippen LogP contribution is 2.16. The van der Waals surface area contributed by atoms with E-state index in [0.717, 1.165) is 30.8 Å². The maximum Gasteiger partial charge on any atom is 0.287 e. The molecule has 1 fully saturated rings. The summed E-state index contributed by atoms with van der Waals surface area (Å²) in [6, 6.07) is 19.7. The number of primary amides is 1. The van der Waals surface area contributed by atoms with Crippen LogP contribution in [0.4, 0.5) is 0 Å². The largest absolute Gasteiger partial charge is 0.363 e. The van der Waals surface area contributed by atoms with Gasteiger partial charge in [0.1, 0.15) is 6.04 Å². The zero-order chi connectivity index (χ0) is 26.0. The lowest BCUT2D eigenvalue weighted by atomic mass is 10.0. The molecule has 0 radical (unpaired) electrons. The van der Waals surface area contributed by atoms with Gasteiger partial charge in [0.2, 0.25) is 5.78 Å². The minimum atomic E-state index is -1.09. The summed E-state index contributed by atoms with van der Waals surface area (Å²) in [5.74, 6) is -2.43. The summed E-state index contributed by atoms with van der Waals surface area (Å²) in [6.45, 7) is 3.27. The summed E-state index contributed by atoms with van der Waals surface area (Å²) in [7, 11) is 0. The van der Waals surface area contributed by atoms with Crippen molar-refractivity contribution in [3.63, 3.8) is 0 Å². The van der Waals surface area contributed by atoms with Crippen molar-refractivity contribution in [1.82, 2.24) is 15.2 Å². The van der Waals surface area contributed by atoms with Crippen LogP contribution in [0.5, 0.6) is 0 Å². The molecule has 1 aliphatic rings. The highest BCUT2D eigenvalue weighted by molar-refractivity contribution is 6.38. The third-order valence-electron chi connectivity index (χ3n) is 6.50. The molecular formula is C30H32N4O3. The van der Waals surface area contributed by atoms with Gasteiger partial charge in [-0.15, -0.1) is 0 Å². The number of aromatic nitrogens is 1. The van der Waals surface area contributed by atoms with E-state index in [0.29, 0.717) is 11.3 Å². The Morgan fingerprint density at radius 2 is 1.62 bits per heavy atom. The third-order valence-corrected chi connectivity index (χ3v) is 6.50. The van der Waals surface area contributed by atoms with Crippen molar-refractivity contribution in [2.75, 3.05) is 13.1 Å². The summed E-state index contributed by atoms with van der Waals surface area (Å²) in [5.41, 5.74) is 9.08. The molecule has 0 saturated carbocycles. The van der Waals surface area contributed by atoms with Crippen LogP contribution in [0.15, 0.2) is 72.9 Å². The number of nitrogens with two attached hydrogens (primary N) is 1. The van der Waals surface area contributed by atoms with Crippen LogP contribution < -0.4 is 11.1 Å². The van der Waals surface area contributed by atoms with E-state index in [-0.39, 0.29) is 6.42 Å². The fourth-order valence-electron chi connectivity index (χ4n) is 4.49. The molecule has 0 aliphatic carbocycles. The summed E-state index contributed by atoms with van der Waals surface area (Å²) in [6.07, 6.45) is 9.30. The predicted octanol–water partition coefficient (Wildman–Crippen LogP) is 3.63. The zero-order valence-electron chi connectivity index (χ0n) is 20.8. The number of piperidine rings is 1. The molecule has 1 aliphatic heterocycles. The highest BCUT2D eigenvalue weighted by Gasteiger charge is 2.26. The van der Waals surface area contributed by atoms with Crippen LogP contribution in [0, 0.1) is 0 Å². The number of pyridine rings is 1. The van der Waals surface area contributed by atoms with Gasteiger partial charge in [-0.25, -0.2) is 0 Å². The third kappa shape index (κ3) is 7.44. The average molecular weight is 497 g/mol. The lowest BCUT2D eigenvalue weighted by molar-refractivity contribution is -0.137. The second-order valence-corrected chi connectivity index (χ2v) is 9.29. The van der Waals surface area contributed by atoms with Gasteiger partial charge in [0.05, 0.1) is 11.3 Å². The number of amides is 2. The van der Waals surface area contributed by atoms with Gasteiger partial charge in [-0.1, -0.05) is 67.1 Å². The number of carbonyl (C=O) groups excluding carboxylic acids is 3. The molecule has 0 spiro atoms. The number of hydrogen-bond acceptors (Lipinski definition) is 5. The number of nitrogens with one attached hydrogen (secondary N) is 1. The van der Waals surface area contributed by atoms with Gasteiger partial charge in [-0.05, 0) is 60.8 Å². The average Bonchev–Trinajstić information content (AvgIpc) is 2.93. The Bertz CT molecular complexity index is 1250. The van der Waals surface area contributed by atoms with Crippen LogP contribution in [0.1, 0.15) is 52.0 Å². The first-order chi connectivity index (χ1) is 18.0. The van der Waals surface area contributed by atoms with Crippen molar-refractivity contribution in [3.05, 3.63) is 101 Å². The second kappa shape index (κ2) is 12.7. The zero-order valence-corrected chi connectivity index (χ0v) is 20.8. The Labute approximate surface area is 217 Å². The SMILES string of the molecule is NC(=O)C(=O)C(Cc1ccccc1)NC(=O)c1cccnc1/C=C/c1ccc(CN2CCCCC2)cc1. The number of rotatable bonds is 10. The minimum absolute atomic E-state index is 0.156. The topological polar surface area (TPSA) is 105 Å². The van der Waals surface area contributed by atoms with Crippen LogP contribution in [0.3, 0.4) is 0 Å². The van der Waals surface area contributed by atoms with Crippen LogP contribution in [-0.2, 0) is 22.6 Å². The van der Waals surface area contributed by atoms with Crippen LogP contribution in [0.2, 0.25) is 0 Å². The maximum atomic E-state index is 13.1. The number of ketones is 1. The van der Waals surface area contributed by atoms with Crippen LogP contribution in [0.25, 0.3) is 12.2 Å². The monoisotopic (exact) mass is 496 g/mol. The Morgan fingerprint density at radius 1 is 0.892 bits per heavy atom. The van der Waals surface area contributed by atoms with Crippen LogP contribution >= 0.6 is 0 Å². The van der Waals surface area contributed by atoms with Crippen molar-refractivity contribution in [1.29, 1.82) is 0 Å². The van der Waals surface area contributed by atoms with E-state index in [2.05, 4.69) is 39.5 Å². The first-order valence-corrected chi connectivity index (χ1v) is 12.6. The summed E-state index contributed by atoms with van der Waals surface area (Å²) >= 11 is 0. The first-order valence-electron chi connectivity index (χ1n) is 12.6. The van der Waals surface area contributed by atoms with Gasteiger partial charge >= 0.3 is 0 Å². The fraction of sp³-hybridized carbons (Fsp3) is 0.267. The molecule has 1 aromatic heterocycles. The van der Waals surface area contributed by atoms with Crippen molar-refractivity contribution >= 4 is 29.7 Å². The minimum Gasteiger partial charge on any atom is -0.363 e. The normalized spacial score (nSPS) is 14.8. The quantitative estimate of drug-likeness (QED) is 0.417. The van der Waals surface area contributed by atoms with Crippen molar-refractivity contribution in [2.45, 2.75) is 38.3 Å². The molecule has 2 amide bonds. The molecule has 37 heavy (non-hydrogen) atoms. The predicted molar refractivity (Wildman–Crippen MR) is 144 cm³/mol. The Hall–Kier alpha value is -4.10. The molecule has 2 aromatic carbocycles. The fourth-order valence-corrected chi connectivity index (χ4v) is 4.49. The van der Waals surface area contributed by atoms with E-state index in [1.165, 1.54) is 24.8 Å². The molecular weight excluding hydrogens is 464 g/mol. The number of nitrogens with zero attached hydrogens (tertiary/aromatic N) is 2. The van der Waals surface area contributed by atoms with E-state index in [1.54, 1.807) is 24.4 Å². The van der Waals surface area contributed by atoms with E-state index in [4.69, 9.17) is 5.73 Å². The highest BCUT2D eigenvalue weighted by atomic mass is 16.2. The van der Waals surface area contributed by atoms with E-state index < -0.39 is 23.6 Å². The first kappa shape index (κ1) is 26.0. The molecule has 0 bridgehead atoms. The Balaban J connectivity index is 1.45. The smallest absolute Gasteiger partial charge is 0.287 e. The standard InChI is InChI=1S/C30H32N4O3/c31-29(36)28(35)27(20-23-8-3-1-4-9-23)33-30(37)25-10-7-17-32-26(25)16-15-22-11-13-24(14-12-22)21-34-18-5-2-6-19-34/h1,3-4,7-17,27H,2,5-6,18-21H2,(H2,31,36)(H,33,37)/b16-15+. The number of carbonyl (C=O) groups is 3. The Morgan fingerprint density at radius 3 is 2.32 bits per heavy atom. The molecule has 1 saturated heterocycles. The van der Waals surface area contributed by atoms with E-state index in [1.807, 2.05) is 36.4 Å². The summed E-state index contributed by atoms with van der Waals surface area (Å²) < 4.78 is 0. The van der Waals surface area contributed by atoms with Gasteiger partial charge in [-0.2, -0.15) is 0 Å². The molecule has 7 heteroatoms. The molecule has 1 unspecified atom stereocenters. The van der Waals surface area contributed by atoms with Gasteiger partial charge in [0.25, 0.3) is 11.8 Å². The van der Waals surface area contributed by atoms with Crippen molar-refractivity contribution < 1.29 is 14.4 Å². The molecule has 4 rings (SSSR count). The molecule has 3 aromatic rings. The summed E-state index contributed by atoms with van der Waals surface area (Å²) in [5, 5.41) is 2.68. The number of Topliss-reactive ketones (excluding diaryl/α,β-unsaturated/α-hetero) is 1. The van der Waals surface area contributed by atoms with Crippen molar-refractivity contribution in [2.24, 2.45) is 5.73 Å².